The zero-order valence-corrected chi connectivity index (χ0v) is 17.3. The predicted molar refractivity (Wildman–Crippen MR) is 106 cm³/mol. The number of fused-ring (bicyclic) bond motifs is 1. The van der Waals surface area contributed by atoms with E-state index in [1.165, 1.54) is 0 Å². The van der Waals surface area contributed by atoms with E-state index >= 15 is 0 Å². The van der Waals surface area contributed by atoms with Crippen molar-refractivity contribution in [3.63, 3.8) is 0 Å². The molecule has 0 radical (unpaired) electrons. The summed E-state index contributed by atoms with van der Waals surface area (Å²) in [7, 11) is 0. The molecule has 11 heteroatoms. The van der Waals surface area contributed by atoms with Crippen LogP contribution in [-0.2, 0) is 4.74 Å². The van der Waals surface area contributed by atoms with Crippen molar-refractivity contribution in [1.29, 1.82) is 0 Å². The highest BCUT2D eigenvalue weighted by Gasteiger charge is 2.30. The van der Waals surface area contributed by atoms with Gasteiger partial charge in [-0.05, 0) is 13.8 Å². The second-order valence-electron chi connectivity index (χ2n) is 6.24. The predicted octanol–water partition coefficient (Wildman–Crippen LogP) is 4.73. The molecule has 7 nitrogen and oxygen atoms in total. The van der Waals surface area contributed by atoms with E-state index in [4.69, 9.17) is 44.1 Å². The van der Waals surface area contributed by atoms with Gasteiger partial charge < -0.3 is 14.2 Å². The van der Waals surface area contributed by atoms with Gasteiger partial charge in [0.2, 0.25) is 5.58 Å². The van der Waals surface area contributed by atoms with Crippen LogP contribution in [0.3, 0.4) is 0 Å². The first-order valence-corrected chi connectivity index (χ1v) is 10.0. The summed E-state index contributed by atoms with van der Waals surface area (Å²) in [5, 5.41) is 4.50. The number of hydrogen-bond donors (Lipinski definition) is 0. The third kappa shape index (κ3) is 3.30. The summed E-state index contributed by atoms with van der Waals surface area (Å²) in [6, 6.07) is 0. The maximum absolute atomic E-state index is 11.8. The Kier molecular flexibility index (Phi) is 5.02. The molecule has 1 aliphatic heterocycles. The molecule has 1 aliphatic rings. The van der Waals surface area contributed by atoms with Crippen molar-refractivity contribution in [1.82, 2.24) is 15.1 Å². The third-order valence-electron chi connectivity index (χ3n) is 4.17. The minimum atomic E-state index is -0.0107. The molecule has 3 aromatic rings. The normalized spacial score (nSPS) is 20.4. The molecule has 0 N–H and O–H groups in total. The number of carbonyl (C=O) groups excluding carboxylic acids is 1. The van der Waals surface area contributed by atoms with Gasteiger partial charge in [0, 0.05) is 13.1 Å². The summed E-state index contributed by atoms with van der Waals surface area (Å²) in [5.41, 5.74) is 1.67. The Morgan fingerprint density at radius 3 is 2.48 bits per heavy atom. The second kappa shape index (κ2) is 7.18. The Morgan fingerprint density at radius 2 is 1.89 bits per heavy atom. The SMILES string of the molecule is CC1CN(c2c(C=O)nc3c(-c4sc(Cl)nc4Cl)noc3c2Cl)CC(C)O1. The average molecular weight is 448 g/mol. The summed E-state index contributed by atoms with van der Waals surface area (Å²) in [4.78, 5) is 22.7. The molecule has 0 saturated carbocycles. The smallest absolute Gasteiger partial charge is 0.206 e. The summed E-state index contributed by atoms with van der Waals surface area (Å²) in [6.45, 7) is 5.08. The second-order valence-corrected chi connectivity index (χ2v) is 8.55. The maximum Gasteiger partial charge on any atom is 0.206 e. The van der Waals surface area contributed by atoms with Crippen LogP contribution >= 0.6 is 46.1 Å². The molecule has 2 atom stereocenters. The van der Waals surface area contributed by atoms with Crippen LogP contribution in [-0.4, -0.2) is 46.7 Å². The first kappa shape index (κ1) is 18.9. The lowest BCUT2D eigenvalue weighted by Gasteiger charge is -2.37. The third-order valence-corrected chi connectivity index (χ3v) is 6.07. The van der Waals surface area contributed by atoms with E-state index in [1.807, 2.05) is 18.7 Å². The van der Waals surface area contributed by atoms with Gasteiger partial charge in [-0.1, -0.05) is 51.3 Å². The molecule has 1 saturated heterocycles. The summed E-state index contributed by atoms with van der Waals surface area (Å²) in [6.07, 6.45) is 0.649. The number of nitrogens with zero attached hydrogens (tertiary/aromatic N) is 4. The van der Waals surface area contributed by atoms with Crippen LogP contribution in [0, 0.1) is 0 Å². The highest BCUT2D eigenvalue weighted by atomic mass is 35.5. The van der Waals surface area contributed by atoms with Gasteiger partial charge in [-0.15, -0.1) is 0 Å². The number of pyridine rings is 1. The Balaban J connectivity index is 1.89. The fourth-order valence-electron chi connectivity index (χ4n) is 3.24. The molecule has 2 unspecified atom stereocenters. The molecule has 4 heterocycles. The number of hydrogen-bond acceptors (Lipinski definition) is 8. The lowest BCUT2D eigenvalue weighted by Crippen LogP contribution is -2.46. The van der Waals surface area contributed by atoms with E-state index in [9.17, 15) is 4.79 Å². The van der Waals surface area contributed by atoms with Gasteiger partial charge in [-0.25, -0.2) is 9.97 Å². The molecular weight excluding hydrogens is 435 g/mol. The molecule has 3 aromatic heterocycles. The quantitative estimate of drug-likeness (QED) is 0.537. The number of rotatable bonds is 3. The summed E-state index contributed by atoms with van der Waals surface area (Å²) in [5.74, 6) is 0. The van der Waals surface area contributed by atoms with Gasteiger partial charge in [0.25, 0.3) is 0 Å². The van der Waals surface area contributed by atoms with E-state index in [1.54, 1.807) is 0 Å². The Morgan fingerprint density at radius 1 is 1.19 bits per heavy atom. The molecule has 4 rings (SSSR count). The van der Waals surface area contributed by atoms with E-state index in [0.717, 1.165) is 11.3 Å². The minimum Gasteiger partial charge on any atom is -0.372 e. The molecular formula is C16H13Cl3N4O3S. The molecule has 0 amide bonds. The van der Waals surface area contributed by atoms with E-state index in [-0.39, 0.29) is 38.1 Å². The minimum absolute atomic E-state index is 0.0107. The van der Waals surface area contributed by atoms with Gasteiger partial charge in [0.15, 0.2) is 21.6 Å². The highest BCUT2D eigenvalue weighted by molar-refractivity contribution is 7.19. The van der Waals surface area contributed by atoms with Crippen molar-refractivity contribution in [3.05, 3.63) is 20.3 Å². The van der Waals surface area contributed by atoms with E-state index in [0.29, 0.717) is 41.2 Å². The van der Waals surface area contributed by atoms with Crippen molar-refractivity contribution < 1.29 is 14.1 Å². The van der Waals surface area contributed by atoms with Crippen LogP contribution < -0.4 is 4.90 Å². The number of aldehydes is 1. The van der Waals surface area contributed by atoms with Gasteiger partial charge in [0.1, 0.15) is 16.2 Å². The first-order valence-electron chi connectivity index (χ1n) is 8.05. The summed E-state index contributed by atoms with van der Waals surface area (Å²) >= 11 is 19.8. The number of morpholine rings is 1. The van der Waals surface area contributed by atoms with Crippen LogP contribution in [0.25, 0.3) is 21.7 Å². The van der Waals surface area contributed by atoms with Crippen molar-refractivity contribution >= 4 is 69.2 Å². The Bertz CT molecular complexity index is 1030. The standard InChI is InChI=1S/C16H13Cl3N4O3S/c1-6-3-23(4-7(2)25-6)12-8(5-24)20-10-11(22-26-13(10)9(12)17)14-15(18)21-16(19)27-14/h5-7H,3-4H2,1-2H3. The lowest BCUT2D eigenvalue weighted by atomic mass is 10.1. The van der Waals surface area contributed by atoms with E-state index in [2.05, 4.69) is 15.1 Å². The fraction of sp³-hybridized carbons (Fsp3) is 0.375. The number of carbonyl (C=O) groups is 1. The van der Waals surface area contributed by atoms with Crippen LogP contribution in [0.1, 0.15) is 24.3 Å². The topological polar surface area (TPSA) is 81.4 Å². The van der Waals surface area contributed by atoms with Crippen LogP contribution in [0.15, 0.2) is 4.52 Å². The highest BCUT2D eigenvalue weighted by Crippen LogP contribution is 2.42. The number of ether oxygens (including phenoxy) is 1. The Labute approximate surface area is 173 Å². The molecule has 142 valence electrons. The van der Waals surface area contributed by atoms with Gasteiger partial charge in [0.05, 0.1) is 22.8 Å². The number of anilines is 1. The zero-order valence-electron chi connectivity index (χ0n) is 14.2. The molecule has 0 aromatic carbocycles. The molecule has 27 heavy (non-hydrogen) atoms. The monoisotopic (exact) mass is 446 g/mol. The molecule has 0 bridgehead atoms. The van der Waals surface area contributed by atoms with Gasteiger partial charge >= 0.3 is 0 Å². The Hall–Kier alpha value is -1.45. The molecule has 0 aliphatic carbocycles. The molecule has 1 fully saturated rings. The van der Waals surface area contributed by atoms with Crippen molar-refractivity contribution in [2.45, 2.75) is 26.1 Å². The van der Waals surface area contributed by atoms with Crippen LogP contribution in [0.4, 0.5) is 5.69 Å². The summed E-state index contributed by atoms with van der Waals surface area (Å²) < 4.78 is 11.5. The van der Waals surface area contributed by atoms with Crippen LogP contribution in [0.5, 0.6) is 0 Å². The van der Waals surface area contributed by atoms with Gasteiger partial charge in [-0.3, -0.25) is 4.79 Å². The fourth-order valence-corrected chi connectivity index (χ4v) is 4.95. The van der Waals surface area contributed by atoms with Crippen molar-refractivity contribution in [2.75, 3.05) is 18.0 Å². The van der Waals surface area contributed by atoms with Crippen molar-refractivity contribution in [3.8, 4) is 10.6 Å². The lowest BCUT2D eigenvalue weighted by molar-refractivity contribution is -0.00526. The number of aromatic nitrogens is 3. The number of thiazole rings is 1. The van der Waals surface area contributed by atoms with Gasteiger partial charge in [-0.2, -0.15) is 0 Å². The van der Waals surface area contributed by atoms with Crippen LogP contribution in [0.2, 0.25) is 14.6 Å². The zero-order chi connectivity index (χ0) is 19.3. The average Bonchev–Trinajstić information content (AvgIpc) is 3.16. The largest absolute Gasteiger partial charge is 0.372 e. The van der Waals surface area contributed by atoms with Crippen molar-refractivity contribution in [2.24, 2.45) is 0 Å². The first-order chi connectivity index (χ1) is 12.9. The maximum atomic E-state index is 11.8. The number of halogens is 3. The molecule has 0 spiro atoms. The van der Waals surface area contributed by atoms with E-state index < -0.39 is 0 Å².